The summed E-state index contributed by atoms with van der Waals surface area (Å²) in [6.45, 7) is 6.13. The van der Waals surface area contributed by atoms with Crippen LogP contribution in [0.1, 0.15) is 25.8 Å². The molecule has 0 aromatic heterocycles. The number of esters is 1. The van der Waals surface area contributed by atoms with E-state index in [1.165, 1.54) is 0 Å². The lowest BCUT2D eigenvalue weighted by molar-refractivity contribution is -0.151. The van der Waals surface area contributed by atoms with Gasteiger partial charge < -0.3 is 9.47 Å². The van der Waals surface area contributed by atoms with Crippen LogP contribution in [-0.4, -0.2) is 18.7 Å². The maximum Gasteiger partial charge on any atom is 0.347 e. The van der Waals surface area contributed by atoms with Gasteiger partial charge in [0.05, 0.1) is 6.61 Å². The van der Waals surface area contributed by atoms with E-state index in [1.54, 1.807) is 6.92 Å². The van der Waals surface area contributed by atoms with Crippen LogP contribution < -0.4 is 4.74 Å². The Kier molecular flexibility index (Phi) is 4.61. The monoisotopic (exact) mass is 272 g/mol. The molecule has 2 aromatic carbocycles. The summed E-state index contributed by atoms with van der Waals surface area (Å²) in [5.41, 5.74) is 1.14. The second kappa shape index (κ2) is 6.42. The van der Waals surface area contributed by atoms with E-state index in [9.17, 15) is 4.79 Å². The number of aryl methyl sites for hydroxylation is 1. The van der Waals surface area contributed by atoms with Crippen molar-refractivity contribution in [3.05, 3.63) is 42.0 Å². The summed E-state index contributed by atoms with van der Waals surface area (Å²) in [5.74, 6) is 0.432. The van der Waals surface area contributed by atoms with E-state index < -0.39 is 6.10 Å². The molecule has 0 fully saturated rings. The maximum absolute atomic E-state index is 11.9. The minimum Gasteiger partial charge on any atom is -0.478 e. The molecule has 1 unspecified atom stereocenters. The van der Waals surface area contributed by atoms with Crippen LogP contribution in [0.25, 0.3) is 10.8 Å². The predicted octanol–water partition coefficient (Wildman–Crippen LogP) is 3.87. The Morgan fingerprint density at radius 1 is 1.15 bits per heavy atom. The van der Waals surface area contributed by atoms with Gasteiger partial charge in [0.25, 0.3) is 0 Å². The largest absolute Gasteiger partial charge is 0.478 e. The molecule has 106 valence electrons. The van der Waals surface area contributed by atoms with Crippen LogP contribution >= 0.6 is 0 Å². The average molecular weight is 272 g/mol. The Morgan fingerprint density at radius 3 is 2.50 bits per heavy atom. The summed E-state index contributed by atoms with van der Waals surface area (Å²) in [5, 5.41) is 2.17. The standard InChI is InChI=1S/C17H20O3/c1-4-14(17(18)19-5-2)20-15-11-7-10-13-9-6-8-12(3)16(13)15/h6-11,14H,4-5H2,1-3H3. The smallest absolute Gasteiger partial charge is 0.347 e. The molecule has 0 N–H and O–H groups in total. The third-order valence-corrected chi connectivity index (χ3v) is 3.26. The maximum atomic E-state index is 11.9. The minimum atomic E-state index is -0.555. The molecular formula is C17H20O3. The number of benzene rings is 2. The van der Waals surface area contributed by atoms with Crippen molar-refractivity contribution in [3.63, 3.8) is 0 Å². The molecule has 0 aliphatic rings. The van der Waals surface area contributed by atoms with E-state index in [-0.39, 0.29) is 5.97 Å². The van der Waals surface area contributed by atoms with E-state index in [1.807, 2.05) is 50.2 Å². The van der Waals surface area contributed by atoms with E-state index >= 15 is 0 Å². The molecule has 0 aliphatic carbocycles. The molecule has 3 heteroatoms. The highest BCUT2D eigenvalue weighted by atomic mass is 16.6. The summed E-state index contributed by atoms with van der Waals surface area (Å²) < 4.78 is 10.9. The van der Waals surface area contributed by atoms with Gasteiger partial charge in [0, 0.05) is 5.39 Å². The van der Waals surface area contributed by atoms with Crippen molar-refractivity contribution in [1.29, 1.82) is 0 Å². The highest BCUT2D eigenvalue weighted by Gasteiger charge is 2.20. The van der Waals surface area contributed by atoms with Gasteiger partial charge in [0.15, 0.2) is 6.10 Å². The fourth-order valence-corrected chi connectivity index (χ4v) is 2.27. The number of carbonyl (C=O) groups excluding carboxylic acids is 1. The van der Waals surface area contributed by atoms with E-state index in [0.29, 0.717) is 13.0 Å². The molecule has 1 atom stereocenters. The van der Waals surface area contributed by atoms with Crippen molar-refractivity contribution >= 4 is 16.7 Å². The third-order valence-electron chi connectivity index (χ3n) is 3.26. The highest BCUT2D eigenvalue weighted by Crippen LogP contribution is 2.29. The number of ether oxygens (including phenoxy) is 2. The van der Waals surface area contributed by atoms with Crippen LogP contribution in [0.5, 0.6) is 5.75 Å². The second-order valence-corrected chi connectivity index (χ2v) is 4.70. The highest BCUT2D eigenvalue weighted by molar-refractivity contribution is 5.91. The first-order valence-electron chi connectivity index (χ1n) is 6.99. The minimum absolute atomic E-state index is 0.305. The molecule has 0 aliphatic heterocycles. The summed E-state index contributed by atoms with van der Waals surface area (Å²) >= 11 is 0. The van der Waals surface area contributed by atoms with Crippen LogP contribution in [0.15, 0.2) is 36.4 Å². The van der Waals surface area contributed by atoms with Gasteiger partial charge in [-0.1, -0.05) is 37.3 Å². The zero-order valence-corrected chi connectivity index (χ0v) is 12.2. The first kappa shape index (κ1) is 14.4. The van der Waals surface area contributed by atoms with Gasteiger partial charge in [0.1, 0.15) is 5.75 Å². The number of hydrogen-bond acceptors (Lipinski definition) is 3. The summed E-state index contributed by atoms with van der Waals surface area (Å²) in [6, 6.07) is 12.0. The molecule has 0 bridgehead atoms. The number of fused-ring (bicyclic) bond motifs is 1. The van der Waals surface area contributed by atoms with Crippen LogP contribution in [0, 0.1) is 6.92 Å². The summed E-state index contributed by atoms with van der Waals surface area (Å²) in [4.78, 5) is 11.9. The van der Waals surface area contributed by atoms with Crippen molar-refractivity contribution in [2.75, 3.05) is 6.61 Å². The molecule has 2 rings (SSSR count). The van der Waals surface area contributed by atoms with Gasteiger partial charge in [-0.3, -0.25) is 0 Å². The zero-order valence-electron chi connectivity index (χ0n) is 12.2. The summed E-state index contributed by atoms with van der Waals surface area (Å²) in [7, 11) is 0. The third kappa shape index (κ3) is 2.93. The van der Waals surface area contributed by atoms with Crippen molar-refractivity contribution in [1.82, 2.24) is 0 Å². The average Bonchev–Trinajstić information content (AvgIpc) is 2.45. The second-order valence-electron chi connectivity index (χ2n) is 4.70. The van der Waals surface area contributed by atoms with Gasteiger partial charge in [0.2, 0.25) is 0 Å². The fraction of sp³-hybridized carbons (Fsp3) is 0.353. The van der Waals surface area contributed by atoms with Gasteiger partial charge in [-0.15, -0.1) is 0 Å². The van der Waals surface area contributed by atoms with Crippen molar-refractivity contribution < 1.29 is 14.3 Å². The molecule has 3 nitrogen and oxygen atoms in total. The molecule has 0 radical (unpaired) electrons. The van der Waals surface area contributed by atoms with Crippen molar-refractivity contribution in [2.24, 2.45) is 0 Å². The lowest BCUT2D eigenvalue weighted by Gasteiger charge is -2.18. The SMILES string of the molecule is CCOC(=O)C(CC)Oc1cccc2cccc(C)c12. The molecule has 0 saturated carbocycles. The molecule has 20 heavy (non-hydrogen) atoms. The molecule has 2 aromatic rings. The first-order valence-corrected chi connectivity index (χ1v) is 6.99. The summed E-state index contributed by atoms with van der Waals surface area (Å²) in [6.07, 6.45) is 0.0290. The topological polar surface area (TPSA) is 35.5 Å². The van der Waals surface area contributed by atoms with Crippen LogP contribution in [0.4, 0.5) is 0 Å². The van der Waals surface area contributed by atoms with Crippen LogP contribution in [0.3, 0.4) is 0 Å². The molecule has 0 amide bonds. The number of carbonyl (C=O) groups is 1. The van der Waals surface area contributed by atoms with Crippen molar-refractivity contribution in [2.45, 2.75) is 33.3 Å². The van der Waals surface area contributed by atoms with Gasteiger partial charge in [-0.25, -0.2) is 4.79 Å². The first-order chi connectivity index (χ1) is 9.67. The molecule has 0 saturated heterocycles. The van der Waals surface area contributed by atoms with Crippen LogP contribution in [0.2, 0.25) is 0 Å². The van der Waals surface area contributed by atoms with Gasteiger partial charge in [-0.2, -0.15) is 0 Å². The van der Waals surface area contributed by atoms with E-state index in [0.717, 1.165) is 22.1 Å². The molecule has 0 spiro atoms. The number of hydrogen-bond donors (Lipinski definition) is 0. The Hall–Kier alpha value is -2.03. The fourth-order valence-electron chi connectivity index (χ4n) is 2.27. The van der Waals surface area contributed by atoms with Crippen LogP contribution in [-0.2, 0) is 9.53 Å². The van der Waals surface area contributed by atoms with E-state index in [2.05, 4.69) is 0 Å². The lowest BCUT2D eigenvalue weighted by atomic mass is 10.0. The predicted molar refractivity (Wildman–Crippen MR) is 80.0 cm³/mol. The van der Waals surface area contributed by atoms with Gasteiger partial charge in [-0.05, 0) is 37.3 Å². The van der Waals surface area contributed by atoms with Gasteiger partial charge >= 0.3 is 5.97 Å². The molecular weight excluding hydrogens is 252 g/mol. The Bertz CT molecular complexity index is 599. The number of rotatable bonds is 5. The van der Waals surface area contributed by atoms with E-state index in [4.69, 9.17) is 9.47 Å². The normalized spacial score (nSPS) is 12.2. The Labute approximate surface area is 119 Å². The lowest BCUT2D eigenvalue weighted by Crippen LogP contribution is -2.28. The zero-order chi connectivity index (χ0) is 14.5. The quantitative estimate of drug-likeness (QED) is 0.775. The Balaban J connectivity index is 2.35. The van der Waals surface area contributed by atoms with Crippen molar-refractivity contribution in [3.8, 4) is 5.75 Å². The molecule has 0 heterocycles. The Morgan fingerprint density at radius 2 is 1.85 bits per heavy atom.